The number of rotatable bonds is 8. The Hall–Kier alpha value is -4.24. The van der Waals surface area contributed by atoms with Crippen LogP contribution in [0.5, 0.6) is 0 Å². The largest absolute Gasteiger partial charge is 0.416 e. The minimum absolute atomic E-state index is 0.102. The highest BCUT2D eigenvalue weighted by Crippen LogP contribution is 2.28. The molecular formula is C24H25ClF3N9O3. The first-order valence-electron chi connectivity index (χ1n) is 12.0. The number of aliphatic hydroxyl groups excluding tert-OH is 1. The molecule has 0 unspecified atom stereocenters. The third-order valence-electron chi connectivity index (χ3n) is 6.17. The van der Waals surface area contributed by atoms with Crippen LogP contribution in [0, 0.1) is 5.41 Å². The molecule has 0 bridgehead atoms. The Kier molecular flexibility index (Phi) is 8.54. The average Bonchev–Trinajstić information content (AvgIpc) is 3.60. The molecule has 1 aliphatic heterocycles. The highest BCUT2D eigenvalue weighted by atomic mass is 35.5. The summed E-state index contributed by atoms with van der Waals surface area (Å²) in [6.07, 6.45) is -3.64. The summed E-state index contributed by atoms with van der Waals surface area (Å²) in [5, 5.41) is 24.9. The van der Waals surface area contributed by atoms with Crippen molar-refractivity contribution in [3.8, 4) is 5.69 Å². The number of halogens is 4. The maximum atomic E-state index is 13.1. The maximum absolute atomic E-state index is 13.1. The number of aromatic nitrogens is 4. The van der Waals surface area contributed by atoms with Crippen LogP contribution >= 0.6 is 11.6 Å². The van der Waals surface area contributed by atoms with Gasteiger partial charge in [-0.1, -0.05) is 11.6 Å². The third kappa shape index (κ3) is 6.48. The number of alkyl halides is 3. The molecule has 0 aliphatic carbocycles. The van der Waals surface area contributed by atoms with Gasteiger partial charge < -0.3 is 21.1 Å². The molecule has 1 aromatic carbocycles. The molecule has 0 spiro atoms. The zero-order valence-corrected chi connectivity index (χ0v) is 21.6. The predicted molar refractivity (Wildman–Crippen MR) is 138 cm³/mol. The van der Waals surface area contributed by atoms with Crippen molar-refractivity contribution in [3.05, 3.63) is 65.3 Å². The monoisotopic (exact) mass is 579 g/mol. The van der Waals surface area contributed by atoms with Crippen LogP contribution in [0.3, 0.4) is 0 Å². The molecular weight excluding hydrogens is 555 g/mol. The van der Waals surface area contributed by atoms with Gasteiger partial charge in [-0.2, -0.15) is 13.2 Å². The fourth-order valence-corrected chi connectivity index (χ4v) is 4.29. The number of nitrogens with two attached hydrogens (primary N) is 1. The van der Waals surface area contributed by atoms with Crippen LogP contribution < -0.4 is 16.0 Å². The Morgan fingerprint density at radius 3 is 2.65 bits per heavy atom. The Labute approximate surface area is 231 Å². The summed E-state index contributed by atoms with van der Waals surface area (Å²) >= 11 is 5.84. The summed E-state index contributed by atoms with van der Waals surface area (Å²) in [5.41, 5.74) is 6.15. The lowest BCUT2D eigenvalue weighted by molar-refractivity contribution is -0.204. The highest BCUT2D eigenvalue weighted by Gasteiger charge is 2.41. The number of primary amides is 1. The zero-order valence-electron chi connectivity index (χ0n) is 20.8. The molecule has 16 heteroatoms. The Morgan fingerprint density at radius 2 is 1.98 bits per heavy atom. The minimum atomic E-state index is -5.01. The molecule has 2 atom stereocenters. The fraction of sp³-hybridized carbons (Fsp3) is 0.333. The molecule has 0 saturated carbocycles. The van der Waals surface area contributed by atoms with E-state index in [1.807, 2.05) is 0 Å². The van der Waals surface area contributed by atoms with Crippen LogP contribution in [0.4, 0.5) is 23.8 Å². The lowest BCUT2D eigenvalue weighted by Gasteiger charge is -2.27. The molecule has 5 N–H and O–H groups in total. The number of benzene rings is 1. The van der Waals surface area contributed by atoms with Gasteiger partial charge in [0.25, 0.3) is 0 Å². The topological polar surface area (TPSA) is 166 Å². The fourth-order valence-electron chi connectivity index (χ4n) is 4.16. The van der Waals surface area contributed by atoms with Crippen molar-refractivity contribution in [2.24, 2.45) is 5.73 Å². The van der Waals surface area contributed by atoms with E-state index >= 15 is 0 Å². The van der Waals surface area contributed by atoms with Crippen molar-refractivity contribution in [1.82, 2.24) is 30.0 Å². The molecule has 3 heterocycles. The first kappa shape index (κ1) is 28.8. The summed E-state index contributed by atoms with van der Waals surface area (Å²) in [5.74, 6) is -0.482. The van der Waals surface area contributed by atoms with Crippen molar-refractivity contribution in [2.45, 2.75) is 37.7 Å². The molecule has 1 aliphatic rings. The van der Waals surface area contributed by atoms with Crippen molar-refractivity contribution < 1.29 is 27.9 Å². The van der Waals surface area contributed by atoms with Gasteiger partial charge in [-0.15, -0.1) is 5.10 Å². The zero-order chi connectivity index (χ0) is 29.0. The molecule has 3 amide bonds. The number of carbonyl (C=O) groups is 2. The van der Waals surface area contributed by atoms with E-state index in [4.69, 9.17) is 22.7 Å². The van der Waals surface area contributed by atoms with Gasteiger partial charge in [0.1, 0.15) is 23.9 Å². The number of carbonyl (C=O) groups excluding carboxylic acids is 2. The van der Waals surface area contributed by atoms with E-state index < -0.39 is 42.6 Å². The summed E-state index contributed by atoms with van der Waals surface area (Å²) < 4.78 is 40.6. The van der Waals surface area contributed by atoms with Crippen LogP contribution in [-0.4, -0.2) is 78.9 Å². The Bertz CT molecular complexity index is 1380. The quantitative estimate of drug-likeness (QED) is 0.234. The molecule has 12 nitrogen and oxygen atoms in total. The highest BCUT2D eigenvalue weighted by molar-refractivity contribution is 6.30. The van der Waals surface area contributed by atoms with E-state index in [0.29, 0.717) is 34.4 Å². The first-order chi connectivity index (χ1) is 19.0. The molecule has 3 aromatic rings. The number of nitrogens with zero attached hydrogens (tertiary/aromatic N) is 6. The summed E-state index contributed by atoms with van der Waals surface area (Å²) in [7, 11) is 0. The van der Waals surface area contributed by atoms with Gasteiger partial charge in [0.05, 0.1) is 13.1 Å². The van der Waals surface area contributed by atoms with Crippen LogP contribution in [-0.2, 0) is 11.3 Å². The lowest BCUT2D eigenvalue weighted by atomic mass is 10.2. The number of amidine groups is 1. The van der Waals surface area contributed by atoms with Crippen LogP contribution in [0.25, 0.3) is 5.69 Å². The SMILES string of the molecule is N=C(c1ccc(Cl)cc1)N(C[C@H](O)C(F)(F)F)C(=O)NCc1ncn(-c2cccnc2N2CCC[C@@H]2C(N)=O)n1. The first-order valence-corrected chi connectivity index (χ1v) is 12.4. The van der Waals surface area contributed by atoms with Crippen LogP contribution in [0.2, 0.25) is 5.02 Å². The molecule has 212 valence electrons. The van der Waals surface area contributed by atoms with Crippen molar-refractivity contribution in [3.63, 3.8) is 0 Å². The predicted octanol–water partition coefficient (Wildman–Crippen LogP) is 2.23. The molecule has 1 saturated heterocycles. The Morgan fingerprint density at radius 1 is 1.25 bits per heavy atom. The summed E-state index contributed by atoms with van der Waals surface area (Å²) in [6, 6.07) is 7.34. The minimum Gasteiger partial charge on any atom is -0.382 e. The number of nitrogens with one attached hydrogen (secondary N) is 2. The van der Waals surface area contributed by atoms with E-state index in [0.717, 1.165) is 6.42 Å². The summed E-state index contributed by atoms with van der Waals surface area (Å²) in [6.45, 7) is -0.954. The lowest BCUT2D eigenvalue weighted by Crippen LogP contribution is -2.50. The number of hydrogen-bond donors (Lipinski definition) is 4. The van der Waals surface area contributed by atoms with E-state index in [2.05, 4.69) is 20.4 Å². The third-order valence-corrected chi connectivity index (χ3v) is 6.42. The van der Waals surface area contributed by atoms with E-state index in [1.165, 1.54) is 35.3 Å². The average molecular weight is 580 g/mol. The maximum Gasteiger partial charge on any atom is 0.416 e. The van der Waals surface area contributed by atoms with Gasteiger partial charge in [0, 0.05) is 23.3 Å². The van der Waals surface area contributed by atoms with Gasteiger partial charge in [0.15, 0.2) is 17.7 Å². The smallest absolute Gasteiger partial charge is 0.382 e. The van der Waals surface area contributed by atoms with Gasteiger partial charge in [-0.3, -0.25) is 15.1 Å². The van der Waals surface area contributed by atoms with Gasteiger partial charge in [-0.05, 0) is 49.2 Å². The van der Waals surface area contributed by atoms with Gasteiger partial charge in [-0.25, -0.2) is 19.4 Å². The standard InChI is InChI=1S/C24H25ClF3N9O3/c25-15-7-5-14(6-8-15)20(29)36(12-18(38)24(26,27)28)23(40)32-11-19-33-13-37(34-19)17-3-1-9-31-22(17)35-10-2-4-16(35)21(30)39/h1,3,5-9,13,16,18,29,38H,2,4,10-12H2,(H2,30,39)(H,32,40)/t16-,18+/m1/s1. The number of anilines is 1. The second kappa shape index (κ2) is 11.9. The number of hydrogen-bond acceptors (Lipinski definition) is 8. The number of pyridine rings is 1. The van der Waals surface area contributed by atoms with Crippen molar-refractivity contribution >= 4 is 35.2 Å². The molecule has 4 rings (SSSR count). The van der Waals surface area contributed by atoms with E-state index in [1.54, 1.807) is 23.2 Å². The second-order valence-corrected chi connectivity index (χ2v) is 9.32. The molecule has 2 aromatic heterocycles. The van der Waals surface area contributed by atoms with E-state index in [9.17, 15) is 27.9 Å². The van der Waals surface area contributed by atoms with Crippen molar-refractivity contribution in [1.29, 1.82) is 5.41 Å². The normalized spacial score (nSPS) is 16.0. The second-order valence-electron chi connectivity index (χ2n) is 8.89. The number of amides is 3. The van der Waals surface area contributed by atoms with Crippen LogP contribution in [0.1, 0.15) is 24.2 Å². The van der Waals surface area contributed by atoms with E-state index in [-0.39, 0.29) is 17.9 Å². The number of urea groups is 1. The Balaban J connectivity index is 1.51. The molecule has 0 radical (unpaired) electrons. The van der Waals surface area contributed by atoms with Gasteiger partial charge >= 0.3 is 12.2 Å². The molecule has 40 heavy (non-hydrogen) atoms. The number of aliphatic hydroxyl groups is 1. The summed E-state index contributed by atoms with van der Waals surface area (Å²) in [4.78, 5) is 35.6. The van der Waals surface area contributed by atoms with Crippen molar-refractivity contribution in [2.75, 3.05) is 18.0 Å². The van der Waals surface area contributed by atoms with Gasteiger partial charge in [0.2, 0.25) is 5.91 Å². The molecule has 1 fully saturated rings. The van der Waals surface area contributed by atoms with Crippen LogP contribution in [0.15, 0.2) is 48.9 Å².